The molecule has 0 bridgehead atoms. The summed E-state index contributed by atoms with van der Waals surface area (Å²) in [6.07, 6.45) is 5.48. The van der Waals surface area contributed by atoms with Crippen LogP contribution in [0.5, 0.6) is 0 Å². The van der Waals surface area contributed by atoms with E-state index in [1.54, 1.807) is 0 Å². The highest BCUT2D eigenvalue weighted by Gasteiger charge is 2.16. The predicted molar refractivity (Wildman–Crippen MR) is 82.4 cm³/mol. The Kier molecular flexibility index (Phi) is 5.46. The molecule has 7 heteroatoms. The molecule has 0 unspecified atom stereocenters. The van der Waals surface area contributed by atoms with E-state index in [-0.39, 0.29) is 29.7 Å². The molecular formula is C15H19N3O4. The molecule has 22 heavy (non-hydrogen) atoms. The minimum absolute atomic E-state index is 0.0193. The summed E-state index contributed by atoms with van der Waals surface area (Å²) in [5, 5.41) is 17.4. The average Bonchev–Trinajstić information content (AvgIpc) is 2.53. The van der Waals surface area contributed by atoms with Gasteiger partial charge in [-0.1, -0.05) is 19.3 Å². The second-order valence-corrected chi connectivity index (χ2v) is 5.38. The third kappa shape index (κ3) is 4.28. The lowest BCUT2D eigenvalue weighted by atomic mass is 9.95. The summed E-state index contributed by atoms with van der Waals surface area (Å²) in [6.45, 7) is 0.0193. The number of carbonyl (C=O) groups excluding carboxylic acids is 1. The molecule has 0 radical (unpaired) electrons. The maximum Gasteiger partial charge on any atom is 0.335 e. The van der Waals surface area contributed by atoms with E-state index in [4.69, 9.17) is 5.11 Å². The van der Waals surface area contributed by atoms with Crippen molar-refractivity contribution in [3.63, 3.8) is 0 Å². The summed E-state index contributed by atoms with van der Waals surface area (Å²) < 4.78 is 0. The van der Waals surface area contributed by atoms with Crippen molar-refractivity contribution in [2.45, 2.75) is 38.1 Å². The van der Waals surface area contributed by atoms with Crippen LogP contribution in [-0.4, -0.2) is 29.6 Å². The molecule has 1 fully saturated rings. The van der Waals surface area contributed by atoms with Gasteiger partial charge >= 0.3 is 5.97 Å². The fraction of sp³-hybridized carbons (Fsp3) is 0.467. The SMILES string of the molecule is O=Nc1cc(C(=O)O)ccc1NCC(=O)NC1CCCCC1. The number of aromatic carboxylic acids is 1. The first-order valence-electron chi connectivity index (χ1n) is 7.34. The highest BCUT2D eigenvalue weighted by atomic mass is 16.4. The van der Waals surface area contributed by atoms with Crippen molar-refractivity contribution in [1.29, 1.82) is 0 Å². The first-order valence-corrected chi connectivity index (χ1v) is 7.34. The number of nitroso groups, excluding NO2 is 1. The van der Waals surface area contributed by atoms with Crippen molar-refractivity contribution in [2.75, 3.05) is 11.9 Å². The highest BCUT2D eigenvalue weighted by Crippen LogP contribution is 2.26. The Morgan fingerprint density at radius 3 is 2.59 bits per heavy atom. The maximum absolute atomic E-state index is 11.9. The molecule has 0 saturated heterocycles. The maximum atomic E-state index is 11.9. The summed E-state index contributed by atoms with van der Waals surface area (Å²) in [6, 6.07) is 4.20. The largest absolute Gasteiger partial charge is 0.478 e. The Morgan fingerprint density at radius 2 is 1.95 bits per heavy atom. The van der Waals surface area contributed by atoms with Crippen molar-refractivity contribution >= 4 is 23.3 Å². The van der Waals surface area contributed by atoms with E-state index in [1.807, 2.05) is 0 Å². The second-order valence-electron chi connectivity index (χ2n) is 5.38. The van der Waals surface area contributed by atoms with Gasteiger partial charge in [-0.25, -0.2) is 4.79 Å². The molecule has 7 nitrogen and oxygen atoms in total. The van der Waals surface area contributed by atoms with Gasteiger partial charge < -0.3 is 15.7 Å². The molecule has 1 aromatic rings. The van der Waals surface area contributed by atoms with Gasteiger partial charge in [-0.05, 0) is 36.2 Å². The fourth-order valence-corrected chi connectivity index (χ4v) is 2.59. The lowest BCUT2D eigenvalue weighted by molar-refractivity contribution is -0.120. The minimum Gasteiger partial charge on any atom is -0.478 e. The zero-order chi connectivity index (χ0) is 15.9. The second kappa shape index (κ2) is 7.53. The van der Waals surface area contributed by atoms with Crippen LogP contribution in [0.25, 0.3) is 0 Å². The molecule has 1 amide bonds. The molecule has 0 spiro atoms. The van der Waals surface area contributed by atoms with Gasteiger partial charge in [0, 0.05) is 6.04 Å². The van der Waals surface area contributed by atoms with Crippen molar-refractivity contribution in [2.24, 2.45) is 5.18 Å². The molecule has 0 atom stereocenters. The van der Waals surface area contributed by atoms with Crippen molar-refractivity contribution in [3.8, 4) is 0 Å². The molecule has 3 N–H and O–H groups in total. The van der Waals surface area contributed by atoms with Crippen LogP contribution in [0.4, 0.5) is 11.4 Å². The Bertz CT molecular complexity index is 568. The van der Waals surface area contributed by atoms with E-state index in [9.17, 15) is 14.5 Å². The number of nitrogens with one attached hydrogen (secondary N) is 2. The summed E-state index contributed by atoms with van der Waals surface area (Å²) in [5.74, 6) is -1.28. The van der Waals surface area contributed by atoms with Crippen molar-refractivity contribution < 1.29 is 14.7 Å². The molecular weight excluding hydrogens is 286 g/mol. The predicted octanol–water partition coefficient (Wildman–Crippen LogP) is 2.64. The number of carboxylic acid groups (broad SMARTS) is 1. The Labute approximate surface area is 128 Å². The van der Waals surface area contributed by atoms with E-state index in [0.717, 1.165) is 25.7 Å². The monoisotopic (exact) mass is 305 g/mol. The Balaban J connectivity index is 1.91. The number of rotatable bonds is 6. The molecule has 2 rings (SSSR count). The van der Waals surface area contributed by atoms with E-state index < -0.39 is 5.97 Å². The summed E-state index contributed by atoms with van der Waals surface area (Å²) in [4.78, 5) is 33.5. The fourth-order valence-electron chi connectivity index (χ4n) is 2.59. The lowest BCUT2D eigenvalue weighted by Crippen LogP contribution is -2.39. The third-order valence-corrected chi connectivity index (χ3v) is 3.75. The first kappa shape index (κ1) is 15.9. The van der Waals surface area contributed by atoms with Gasteiger partial charge in [-0.3, -0.25) is 4.79 Å². The van der Waals surface area contributed by atoms with Crippen LogP contribution in [0.3, 0.4) is 0 Å². The number of benzene rings is 1. The van der Waals surface area contributed by atoms with Gasteiger partial charge in [-0.2, -0.15) is 0 Å². The van der Waals surface area contributed by atoms with Gasteiger partial charge in [0.25, 0.3) is 0 Å². The number of hydrogen-bond acceptors (Lipinski definition) is 5. The molecule has 1 aliphatic carbocycles. The van der Waals surface area contributed by atoms with E-state index >= 15 is 0 Å². The van der Waals surface area contributed by atoms with Gasteiger partial charge in [-0.15, -0.1) is 4.91 Å². The lowest BCUT2D eigenvalue weighted by Gasteiger charge is -2.22. The summed E-state index contributed by atoms with van der Waals surface area (Å²) in [5.41, 5.74) is 0.302. The van der Waals surface area contributed by atoms with Gasteiger partial charge in [0.1, 0.15) is 5.69 Å². The van der Waals surface area contributed by atoms with E-state index in [0.29, 0.717) is 5.69 Å². The molecule has 1 aromatic carbocycles. The molecule has 1 aliphatic rings. The number of carbonyl (C=O) groups is 2. The van der Waals surface area contributed by atoms with Gasteiger partial charge in [0.15, 0.2) is 0 Å². The zero-order valence-electron chi connectivity index (χ0n) is 12.2. The van der Waals surface area contributed by atoms with Crippen LogP contribution in [0.15, 0.2) is 23.4 Å². The summed E-state index contributed by atoms with van der Waals surface area (Å²) in [7, 11) is 0. The van der Waals surface area contributed by atoms with E-state index in [2.05, 4.69) is 15.8 Å². The standard InChI is InChI=1S/C15H19N3O4/c19-14(17-11-4-2-1-3-5-11)9-16-12-7-6-10(15(20)21)8-13(12)18-22/h6-8,11,16H,1-5,9H2,(H,17,19)(H,20,21). The summed E-state index contributed by atoms with van der Waals surface area (Å²) >= 11 is 0. The van der Waals surface area contributed by atoms with Gasteiger partial charge in [0.2, 0.25) is 5.91 Å². The van der Waals surface area contributed by atoms with Crippen molar-refractivity contribution in [1.82, 2.24) is 5.32 Å². The van der Waals surface area contributed by atoms with E-state index in [1.165, 1.54) is 24.6 Å². The molecule has 0 aliphatic heterocycles. The smallest absolute Gasteiger partial charge is 0.335 e. The van der Waals surface area contributed by atoms with Gasteiger partial charge in [0.05, 0.1) is 17.8 Å². The number of amides is 1. The zero-order valence-corrected chi connectivity index (χ0v) is 12.2. The quantitative estimate of drug-likeness (QED) is 0.700. The Morgan fingerprint density at radius 1 is 1.23 bits per heavy atom. The molecule has 1 saturated carbocycles. The number of nitrogens with zero attached hydrogens (tertiary/aromatic N) is 1. The first-order chi connectivity index (χ1) is 10.6. The molecule has 118 valence electrons. The number of anilines is 1. The van der Waals surface area contributed by atoms with Crippen LogP contribution < -0.4 is 10.6 Å². The average molecular weight is 305 g/mol. The highest BCUT2D eigenvalue weighted by molar-refractivity contribution is 5.90. The van der Waals surface area contributed by atoms with Crippen LogP contribution in [0, 0.1) is 4.91 Å². The van der Waals surface area contributed by atoms with Crippen LogP contribution in [0.2, 0.25) is 0 Å². The van der Waals surface area contributed by atoms with Crippen LogP contribution in [-0.2, 0) is 4.79 Å². The third-order valence-electron chi connectivity index (χ3n) is 3.75. The van der Waals surface area contributed by atoms with Crippen LogP contribution in [0.1, 0.15) is 42.5 Å². The Hall–Kier alpha value is -2.44. The normalized spacial score (nSPS) is 15.1. The number of hydrogen-bond donors (Lipinski definition) is 3. The van der Waals surface area contributed by atoms with Crippen molar-refractivity contribution in [3.05, 3.63) is 28.7 Å². The van der Waals surface area contributed by atoms with Crippen LogP contribution >= 0.6 is 0 Å². The topological polar surface area (TPSA) is 108 Å². The molecule has 0 heterocycles. The minimum atomic E-state index is -1.13. The molecule has 0 aromatic heterocycles. The number of carboxylic acids is 1.